The Kier molecular flexibility index (Phi) is 3.74. The van der Waals surface area contributed by atoms with Gasteiger partial charge in [0.25, 0.3) is 0 Å². The summed E-state index contributed by atoms with van der Waals surface area (Å²) in [6.45, 7) is 2.00. The van der Waals surface area contributed by atoms with Crippen LogP contribution in [0.3, 0.4) is 0 Å². The first-order valence-electron chi connectivity index (χ1n) is 6.22. The molecule has 6 heteroatoms. The van der Waals surface area contributed by atoms with Crippen molar-refractivity contribution in [1.29, 1.82) is 0 Å². The monoisotopic (exact) mass is 276 g/mol. The second kappa shape index (κ2) is 5.32. The lowest BCUT2D eigenvalue weighted by Gasteiger charge is -2.21. The zero-order valence-electron chi connectivity index (χ0n) is 11.4. The van der Waals surface area contributed by atoms with Crippen molar-refractivity contribution in [3.63, 3.8) is 0 Å². The number of ether oxygens (including phenoxy) is 1. The summed E-state index contributed by atoms with van der Waals surface area (Å²) < 4.78 is 4.67. The number of para-hydroxylation sites is 1. The Balaban J connectivity index is 2.20. The van der Waals surface area contributed by atoms with Gasteiger partial charge in [0.2, 0.25) is 11.8 Å². The largest absolute Gasteiger partial charge is 0.465 e. The first-order valence-corrected chi connectivity index (χ1v) is 6.22. The van der Waals surface area contributed by atoms with E-state index in [4.69, 9.17) is 0 Å². The van der Waals surface area contributed by atoms with Crippen molar-refractivity contribution in [3.05, 3.63) is 29.8 Å². The molecule has 1 aliphatic rings. The maximum absolute atomic E-state index is 12.3. The number of rotatable bonds is 3. The van der Waals surface area contributed by atoms with Gasteiger partial charge in [0.05, 0.1) is 23.8 Å². The predicted molar refractivity (Wildman–Crippen MR) is 72.1 cm³/mol. The minimum Gasteiger partial charge on any atom is -0.465 e. The third-order valence-corrected chi connectivity index (χ3v) is 3.36. The fourth-order valence-corrected chi connectivity index (χ4v) is 2.09. The predicted octanol–water partition coefficient (Wildman–Crippen LogP) is 0.938. The van der Waals surface area contributed by atoms with Crippen LogP contribution in [0, 0.1) is 5.41 Å². The van der Waals surface area contributed by atoms with Crippen LogP contribution >= 0.6 is 0 Å². The van der Waals surface area contributed by atoms with E-state index in [1.54, 1.807) is 31.2 Å². The van der Waals surface area contributed by atoms with Crippen LogP contribution in [-0.4, -0.2) is 31.4 Å². The minimum absolute atomic E-state index is 0.138. The van der Waals surface area contributed by atoms with Gasteiger partial charge in [-0.15, -0.1) is 0 Å². The number of hydrogen-bond acceptors (Lipinski definition) is 4. The lowest BCUT2D eigenvalue weighted by molar-refractivity contribution is -0.126. The number of anilines is 1. The number of methoxy groups -OCH3 is 1. The molecule has 2 amide bonds. The van der Waals surface area contributed by atoms with Crippen molar-refractivity contribution in [2.45, 2.75) is 13.3 Å². The molecular weight excluding hydrogens is 260 g/mol. The normalized spacial score (nSPS) is 21.2. The second-order valence-corrected chi connectivity index (χ2v) is 5.01. The molecule has 1 aliphatic heterocycles. The van der Waals surface area contributed by atoms with E-state index in [1.165, 1.54) is 7.11 Å². The molecule has 0 spiro atoms. The summed E-state index contributed by atoms with van der Waals surface area (Å²) in [6.07, 6.45) is 0.138. The van der Waals surface area contributed by atoms with Crippen molar-refractivity contribution >= 4 is 23.5 Å². The molecule has 0 aliphatic carbocycles. The summed E-state index contributed by atoms with van der Waals surface area (Å²) >= 11 is 0. The van der Waals surface area contributed by atoms with Crippen LogP contribution in [0.25, 0.3) is 0 Å². The molecule has 1 atom stereocenters. The molecule has 1 fully saturated rings. The van der Waals surface area contributed by atoms with Crippen LogP contribution < -0.4 is 10.6 Å². The Morgan fingerprint density at radius 1 is 1.35 bits per heavy atom. The van der Waals surface area contributed by atoms with Gasteiger partial charge in [-0.1, -0.05) is 12.1 Å². The molecule has 0 bridgehead atoms. The maximum Gasteiger partial charge on any atom is 0.339 e. The van der Waals surface area contributed by atoms with Crippen molar-refractivity contribution < 1.29 is 19.1 Å². The van der Waals surface area contributed by atoms with Crippen LogP contribution in [0.1, 0.15) is 23.7 Å². The number of amides is 2. The van der Waals surface area contributed by atoms with Crippen LogP contribution in [0.4, 0.5) is 5.69 Å². The van der Waals surface area contributed by atoms with Gasteiger partial charge in [-0.3, -0.25) is 9.59 Å². The molecule has 1 unspecified atom stereocenters. The Morgan fingerprint density at radius 2 is 2.05 bits per heavy atom. The van der Waals surface area contributed by atoms with E-state index in [2.05, 4.69) is 15.4 Å². The molecule has 0 aromatic heterocycles. The van der Waals surface area contributed by atoms with E-state index in [0.29, 0.717) is 5.69 Å². The summed E-state index contributed by atoms with van der Waals surface area (Å²) in [7, 11) is 1.28. The number of esters is 1. The maximum atomic E-state index is 12.3. The van der Waals surface area contributed by atoms with E-state index < -0.39 is 11.4 Å². The van der Waals surface area contributed by atoms with Gasteiger partial charge in [0, 0.05) is 13.0 Å². The molecule has 2 N–H and O–H groups in total. The molecule has 0 saturated carbocycles. The first-order chi connectivity index (χ1) is 9.46. The molecular formula is C14H16N2O4. The van der Waals surface area contributed by atoms with Gasteiger partial charge in [0.1, 0.15) is 0 Å². The Bertz CT molecular complexity index is 570. The van der Waals surface area contributed by atoms with Crippen LogP contribution in [-0.2, 0) is 14.3 Å². The van der Waals surface area contributed by atoms with E-state index in [-0.39, 0.29) is 30.3 Å². The number of carbonyl (C=O) groups excluding carboxylic acids is 3. The SMILES string of the molecule is COC(=O)c1ccccc1NC(=O)C1(C)CNC(=O)C1. The molecule has 20 heavy (non-hydrogen) atoms. The highest BCUT2D eigenvalue weighted by atomic mass is 16.5. The summed E-state index contributed by atoms with van der Waals surface area (Å²) in [5, 5.41) is 5.33. The van der Waals surface area contributed by atoms with Gasteiger partial charge < -0.3 is 15.4 Å². The molecule has 6 nitrogen and oxygen atoms in total. The molecule has 1 saturated heterocycles. The summed E-state index contributed by atoms with van der Waals surface area (Å²) in [5.41, 5.74) is -0.144. The molecule has 1 heterocycles. The minimum atomic E-state index is -0.805. The second-order valence-electron chi connectivity index (χ2n) is 5.01. The number of nitrogens with one attached hydrogen (secondary N) is 2. The lowest BCUT2D eigenvalue weighted by Crippen LogP contribution is -2.35. The van der Waals surface area contributed by atoms with Gasteiger partial charge in [-0.25, -0.2) is 4.79 Å². The zero-order valence-corrected chi connectivity index (χ0v) is 11.4. The third-order valence-electron chi connectivity index (χ3n) is 3.36. The van der Waals surface area contributed by atoms with Crippen LogP contribution in [0.2, 0.25) is 0 Å². The first kappa shape index (κ1) is 14.0. The smallest absolute Gasteiger partial charge is 0.339 e. The molecule has 1 aromatic carbocycles. The van der Waals surface area contributed by atoms with E-state index in [9.17, 15) is 14.4 Å². The van der Waals surface area contributed by atoms with Gasteiger partial charge >= 0.3 is 5.97 Å². The highest BCUT2D eigenvalue weighted by molar-refractivity contribution is 6.04. The zero-order chi connectivity index (χ0) is 14.8. The number of hydrogen-bond donors (Lipinski definition) is 2. The standard InChI is InChI=1S/C14H16N2O4/c1-14(7-11(17)15-8-14)13(19)16-10-6-4-3-5-9(10)12(18)20-2/h3-6H,7-8H2,1-2H3,(H,15,17)(H,16,19). The lowest BCUT2D eigenvalue weighted by atomic mass is 9.88. The Labute approximate surface area is 116 Å². The summed E-state index contributed by atoms with van der Waals surface area (Å²) in [6, 6.07) is 6.59. The molecule has 0 radical (unpaired) electrons. The average molecular weight is 276 g/mol. The quantitative estimate of drug-likeness (QED) is 0.805. The van der Waals surface area contributed by atoms with Crippen molar-refractivity contribution in [1.82, 2.24) is 5.32 Å². The number of benzene rings is 1. The fraction of sp³-hybridized carbons (Fsp3) is 0.357. The molecule has 2 rings (SSSR count). The van der Waals surface area contributed by atoms with Crippen LogP contribution in [0.5, 0.6) is 0 Å². The highest BCUT2D eigenvalue weighted by Crippen LogP contribution is 2.28. The molecule has 106 valence electrons. The highest BCUT2D eigenvalue weighted by Gasteiger charge is 2.41. The summed E-state index contributed by atoms with van der Waals surface area (Å²) in [5.74, 6) is -0.970. The Hall–Kier alpha value is -2.37. The van der Waals surface area contributed by atoms with Crippen molar-refractivity contribution in [2.24, 2.45) is 5.41 Å². The third kappa shape index (κ3) is 2.64. The van der Waals surface area contributed by atoms with Crippen molar-refractivity contribution in [2.75, 3.05) is 19.0 Å². The van der Waals surface area contributed by atoms with Gasteiger partial charge in [0.15, 0.2) is 0 Å². The fourth-order valence-electron chi connectivity index (χ4n) is 2.09. The van der Waals surface area contributed by atoms with Gasteiger partial charge in [-0.05, 0) is 19.1 Å². The molecule has 1 aromatic rings. The topological polar surface area (TPSA) is 84.5 Å². The van der Waals surface area contributed by atoms with Crippen molar-refractivity contribution in [3.8, 4) is 0 Å². The Morgan fingerprint density at radius 3 is 2.65 bits per heavy atom. The summed E-state index contributed by atoms with van der Waals surface area (Å²) in [4.78, 5) is 35.2. The van der Waals surface area contributed by atoms with E-state index in [1.807, 2.05) is 0 Å². The van der Waals surface area contributed by atoms with Gasteiger partial charge in [-0.2, -0.15) is 0 Å². The van der Waals surface area contributed by atoms with E-state index >= 15 is 0 Å². The van der Waals surface area contributed by atoms with E-state index in [0.717, 1.165) is 0 Å². The number of carbonyl (C=O) groups is 3. The van der Waals surface area contributed by atoms with Crippen LogP contribution in [0.15, 0.2) is 24.3 Å². The average Bonchev–Trinajstić information content (AvgIpc) is 2.79.